The van der Waals surface area contributed by atoms with E-state index in [1.54, 1.807) is 6.08 Å². The van der Waals surface area contributed by atoms with Crippen molar-refractivity contribution in [2.75, 3.05) is 0 Å². The van der Waals surface area contributed by atoms with Gasteiger partial charge in [0.05, 0.1) is 12.0 Å². The third-order valence-electron chi connectivity index (χ3n) is 7.84. The van der Waals surface area contributed by atoms with Crippen LogP contribution in [0.25, 0.3) is 0 Å². The summed E-state index contributed by atoms with van der Waals surface area (Å²) in [5.74, 6) is 1.44. The van der Waals surface area contributed by atoms with Gasteiger partial charge in [0.25, 0.3) is 0 Å². The quantitative estimate of drug-likeness (QED) is 0.195. The summed E-state index contributed by atoms with van der Waals surface area (Å²) in [6, 6.07) is 11.3. The molecule has 0 radical (unpaired) electrons. The van der Waals surface area contributed by atoms with Gasteiger partial charge < -0.3 is 4.74 Å². The van der Waals surface area contributed by atoms with E-state index in [1.165, 1.54) is 43.2 Å². The number of rotatable bonds is 11. The first-order valence-corrected chi connectivity index (χ1v) is 13.5. The molecule has 0 aliphatic heterocycles. The number of nitrogens with zero attached hydrogens (tertiary/aromatic N) is 1. The number of carbonyl (C=O) groups excluding carboxylic acids is 1. The Morgan fingerprint density at radius 3 is 2.39 bits per heavy atom. The highest BCUT2D eigenvalue weighted by molar-refractivity contribution is 5.72. The van der Waals surface area contributed by atoms with Gasteiger partial charge in [-0.05, 0) is 100 Å². The van der Waals surface area contributed by atoms with Crippen LogP contribution >= 0.6 is 0 Å². The number of allylic oxidation sites excluding steroid dienone is 2. The van der Waals surface area contributed by atoms with E-state index in [0.29, 0.717) is 11.8 Å². The first kappa shape index (κ1) is 25.5. The maximum absolute atomic E-state index is 12.8. The number of ether oxygens (including phenoxy) is 1. The van der Waals surface area contributed by atoms with Gasteiger partial charge in [0, 0.05) is 6.08 Å². The zero-order chi connectivity index (χ0) is 23.3. The highest BCUT2D eigenvalue weighted by Gasteiger charge is 2.31. The van der Waals surface area contributed by atoms with Crippen molar-refractivity contribution in [2.45, 2.75) is 115 Å². The SMILES string of the molecule is CCCCCCc1ccc([C@H]2CC[C@H](C(=O)O[C@H]3CC[C@H](CCC=CC#N)CC3)CC2)cc1. The third-order valence-corrected chi connectivity index (χ3v) is 7.84. The summed E-state index contributed by atoms with van der Waals surface area (Å²) >= 11 is 0. The van der Waals surface area contributed by atoms with Gasteiger partial charge in [0.15, 0.2) is 0 Å². The molecule has 3 nitrogen and oxygen atoms in total. The van der Waals surface area contributed by atoms with Crippen molar-refractivity contribution in [3.63, 3.8) is 0 Å². The Kier molecular flexibility index (Phi) is 11.0. The molecule has 1 aromatic carbocycles. The fraction of sp³-hybridized carbons (Fsp3) is 0.667. The van der Waals surface area contributed by atoms with Crippen molar-refractivity contribution in [2.24, 2.45) is 11.8 Å². The molecule has 2 fully saturated rings. The number of carbonyl (C=O) groups is 1. The average molecular weight is 450 g/mol. The molecule has 3 heteroatoms. The second-order valence-electron chi connectivity index (χ2n) is 10.3. The molecule has 2 aliphatic rings. The molecule has 0 saturated heterocycles. The zero-order valence-corrected chi connectivity index (χ0v) is 20.6. The zero-order valence-electron chi connectivity index (χ0n) is 20.6. The predicted octanol–water partition coefficient (Wildman–Crippen LogP) is 8.05. The largest absolute Gasteiger partial charge is 0.462 e. The minimum absolute atomic E-state index is 0.0521. The van der Waals surface area contributed by atoms with E-state index in [1.807, 2.05) is 6.08 Å². The molecule has 0 unspecified atom stereocenters. The summed E-state index contributed by atoms with van der Waals surface area (Å²) < 4.78 is 5.94. The Bertz CT molecular complexity index is 759. The monoisotopic (exact) mass is 449 g/mol. The number of unbranched alkanes of at least 4 members (excludes halogenated alkanes) is 3. The van der Waals surface area contributed by atoms with Crippen molar-refractivity contribution in [1.82, 2.24) is 0 Å². The molecule has 2 saturated carbocycles. The van der Waals surface area contributed by atoms with Gasteiger partial charge in [0.2, 0.25) is 0 Å². The molecule has 3 rings (SSSR count). The lowest BCUT2D eigenvalue weighted by molar-refractivity contribution is -0.157. The normalized spacial score (nSPS) is 25.6. The Morgan fingerprint density at radius 1 is 1.00 bits per heavy atom. The van der Waals surface area contributed by atoms with E-state index in [0.717, 1.165) is 64.2 Å². The van der Waals surface area contributed by atoms with Crippen LogP contribution in [-0.2, 0) is 16.0 Å². The molecule has 0 bridgehead atoms. The highest BCUT2D eigenvalue weighted by atomic mass is 16.5. The lowest BCUT2D eigenvalue weighted by Crippen LogP contribution is -2.29. The number of aryl methyl sites for hydroxylation is 1. The lowest BCUT2D eigenvalue weighted by atomic mass is 9.78. The first-order chi connectivity index (χ1) is 16.2. The van der Waals surface area contributed by atoms with E-state index in [2.05, 4.69) is 37.3 Å². The van der Waals surface area contributed by atoms with Crippen molar-refractivity contribution >= 4 is 5.97 Å². The molecule has 0 amide bonds. The van der Waals surface area contributed by atoms with E-state index >= 15 is 0 Å². The third kappa shape index (κ3) is 8.65. The number of esters is 1. The number of hydrogen-bond donors (Lipinski definition) is 0. The highest BCUT2D eigenvalue weighted by Crippen LogP contribution is 2.37. The Morgan fingerprint density at radius 2 is 1.73 bits per heavy atom. The Labute approximate surface area is 201 Å². The lowest BCUT2D eigenvalue weighted by Gasteiger charge is -2.31. The first-order valence-electron chi connectivity index (χ1n) is 13.5. The molecule has 2 aliphatic carbocycles. The Balaban J connectivity index is 1.34. The molecule has 0 spiro atoms. The van der Waals surface area contributed by atoms with Crippen molar-refractivity contribution < 1.29 is 9.53 Å². The number of hydrogen-bond acceptors (Lipinski definition) is 3. The van der Waals surface area contributed by atoms with Gasteiger partial charge in [-0.1, -0.05) is 56.5 Å². The molecule has 180 valence electrons. The second kappa shape index (κ2) is 14.2. The van der Waals surface area contributed by atoms with Gasteiger partial charge >= 0.3 is 5.97 Å². The number of nitriles is 1. The van der Waals surface area contributed by atoms with Crippen LogP contribution in [0, 0.1) is 23.2 Å². The molecule has 1 aromatic rings. The molecule has 0 N–H and O–H groups in total. The summed E-state index contributed by atoms with van der Waals surface area (Å²) in [4.78, 5) is 12.8. The fourth-order valence-electron chi connectivity index (χ4n) is 5.64. The van der Waals surface area contributed by atoms with Gasteiger partial charge in [-0.3, -0.25) is 4.79 Å². The van der Waals surface area contributed by atoms with Gasteiger partial charge in [-0.25, -0.2) is 0 Å². The molecular weight excluding hydrogens is 406 g/mol. The smallest absolute Gasteiger partial charge is 0.309 e. The predicted molar refractivity (Wildman–Crippen MR) is 135 cm³/mol. The topological polar surface area (TPSA) is 50.1 Å². The van der Waals surface area contributed by atoms with Crippen LogP contribution in [0.15, 0.2) is 36.4 Å². The summed E-state index contributed by atoms with van der Waals surface area (Å²) in [5.41, 5.74) is 2.91. The summed E-state index contributed by atoms with van der Waals surface area (Å²) in [6.45, 7) is 2.26. The maximum atomic E-state index is 12.8. The summed E-state index contributed by atoms with van der Waals surface area (Å²) in [6.07, 6.45) is 20.6. The molecule has 33 heavy (non-hydrogen) atoms. The van der Waals surface area contributed by atoms with Gasteiger partial charge in [-0.2, -0.15) is 5.26 Å². The van der Waals surface area contributed by atoms with Crippen molar-refractivity contribution in [3.8, 4) is 6.07 Å². The van der Waals surface area contributed by atoms with Crippen LogP contribution < -0.4 is 0 Å². The second-order valence-corrected chi connectivity index (χ2v) is 10.3. The van der Waals surface area contributed by atoms with Crippen LogP contribution in [0.1, 0.15) is 114 Å². The Hall–Kier alpha value is -2.08. The van der Waals surface area contributed by atoms with E-state index in [-0.39, 0.29) is 18.0 Å². The maximum Gasteiger partial charge on any atom is 0.309 e. The van der Waals surface area contributed by atoms with E-state index in [4.69, 9.17) is 10.00 Å². The molecule has 0 aromatic heterocycles. The standard InChI is InChI=1S/C30H43NO2/c1-2-3-4-6-9-24-11-15-26(16-12-24)27-17-19-28(20-18-27)30(32)33-29-21-13-25(14-22-29)10-7-5-8-23-31/h5,8,11-12,15-16,25,27-29H,2-4,6-7,9-10,13-14,17-22H2,1H3/t25-,27-,28-,29-. The summed E-state index contributed by atoms with van der Waals surface area (Å²) in [5, 5.41) is 8.57. The van der Waals surface area contributed by atoms with E-state index in [9.17, 15) is 4.79 Å². The minimum Gasteiger partial charge on any atom is -0.462 e. The average Bonchev–Trinajstić information content (AvgIpc) is 2.86. The molecular formula is C30H43NO2. The van der Waals surface area contributed by atoms with Crippen LogP contribution in [0.3, 0.4) is 0 Å². The minimum atomic E-state index is 0.0521. The van der Waals surface area contributed by atoms with Crippen molar-refractivity contribution in [3.05, 3.63) is 47.5 Å². The van der Waals surface area contributed by atoms with Crippen LogP contribution in [0.5, 0.6) is 0 Å². The van der Waals surface area contributed by atoms with Crippen molar-refractivity contribution in [1.29, 1.82) is 5.26 Å². The van der Waals surface area contributed by atoms with Gasteiger partial charge in [0.1, 0.15) is 6.10 Å². The molecule has 0 heterocycles. The van der Waals surface area contributed by atoms with Crippen LogP contribution in [0.4, 0.5) is 0 Å². The van der Waals surface area contributed by atoms with Gasteiger partial charge in [-0.15, -0.1) is 0 Å². The number of benzene rings is 1. The molecule has 0 atom stereocenters. The van der Waals surface area contributed by atoms with Crippen LogP contribution in [-0.4, -0.2) is 12.1 Å². The van der Waals surface area contributed by atoms with Crippen LogP contribution in [0.2, 0.25) is 0 Å². The van der Waals surface area contributed by atoms with E-state index < -0.39 is 0 Å². The fourth-order valence-corrected chi connectivity index (χ4v) is 5.64. The summed E-state index contributed by atoms with van der Waals surface area (Å²) in [7, 11) is 0.